The summed E-state index contributed by atoms with van der Waals surface area (Å²) in [6.07, 6.45) is 2.12. The van der Waals surface area contributed by atoms with Crippen LogP contribution in [0.25, 0.3) is 0 Å². The Bertz CT molecular complexity index is 823. The fraction of sp³-hybridized carbons (Fsp3) is 0.458. The van der Waals surface area contributed by atoms with Crippen LogP contribution in [0.4, 0.5) is 5.69 Å². The Labute approximate surface area is 208 Å². The van der Waals surface area contributed by atoms with Crippen LogP contribution in [0.5, 0.6) is 0 Å². The molecule has 170 valence electrons. The predicted molar refractivity (Wildman–Crippen MR) is 142 cm³/mol. The van der Waals surface area contributed by atoms with Crippen molar-refractivity contribution in [2.24, 2.45) is 10.9 Å². The predicted octanol–water partition coefficient (Wildman–Crippen LogP) is 4.98. The molecule has 1 unspecified atom stereocenters. The number of nitrogens with zero attached hydrogens (tertiary/aromatic N) is 2. The van der Waals surface area contributed by atoms with Crippen molar-refractivity contribution in [3.05, 3.63) is 64.7 Å². The van der Waals surface area contributed by atoms with Crippen molar-refractivity contribution < 1.29 is 5.11 Å². The molecule has 1 aliphatic rings. The fourth-order valence-corrected chi connectivity index (χ4v) is 4.08. The molecule has 3 rings (SSSR count). The summed E-state index contributed by atoms with van der Waals surface area (Å²) in [5, 5.41) is 16.8. The van der Waals surface area contributed by atoms with E-state index in [0.29, 0.717) is 19.1 Å². The normalized spacial score (nSPS) is 15.9. The molecule has 7 heteroatoms. The molecule has 0 aliphatic carbocycles. The van der Waals surface area contributed by atoms with Crippen molar-refractivity contribution in [2.45, 2.75) is 39.3 Å². The molecule has 31 heavy (non-hydrogen) atoms. The van der Waals surface area contributed by atoms with Crippen LogP contribution in [0.3, 0.4) is 0 Å². The van der Waals surface area contributed by atoms with Crippen molar-refractivity contribution in [3.8, 4) is 0 Å². The van der Waals surface area contributed by atoms with Gasteiger partial charge in [-0.15, -0.1) is 24.0 Å². The molecule has 0 aromatic heterocycles. The van der Waals surface area contributed by atoms with Gasteiger partial charge in [-0.3, -0.25) is 0 Å². The molecule has 1 aliphatic heterocycles. The minimum absolute atomic E-state index is 0. The lowest BCUT2D eigenvalue weighted by molar-refractivity contribution is 0.203. The molecule has 0 spiro atoms. The van der Waals surface area contributed by atoms with Crippen LogP contribution in [-0.2, 0) is 6.54 Å². The van der Waals surface area contributed by atoms with Crippen LogP contribution < -0.4 is 15.5 Å². The minimum Gasteiger partial charge on any atom is -0.396 e. The van der Waals surface area contributed by atoms with Gasteiger partial charge in [-0.1, -0.05) is 41.9 Å². The second kappa shape index (κ2) is 13.1. The van der Waals surface area contributed by atoms with Gasteiger partial charge in [0.1, 0.15) is 0 Å². The number of aliphatic imine (C=N–C) groups is 1. The summed E-state index contributed by atoms with van der Waals surface area (Å²) in [5.74, 6) is 1.24. The van der Waals surface area contributed by atoms with Crippen molar-refractivity contribution in [2.75, 3.05) is 31.1 Å². The van der Waals surface area contributed by atoms with Crippen molar-refractivity contribution in [3.63, 3.8) is 0 Å². The molecule has 5 nitrogen and oxygen atoms in total. The molecule has 1 fully saturated rings. The van der Waals surface area contributed by atoms with E-state index in [1.807, 2.05) is 24.3 Å². The summed E-state index contributed by atoms with van der Waals surface area (Å²) in [6, 6.07) is 16.6. The summed E-state index contributed by atoms with van der Waals surface area (Å²) in [7, 11) is 0. The number of anilines is 1. The van der Waals surface area contributed by atoms with Gasteiger partial charge in [-0.05, 0) is 61.9 Å². The molecule has 2 aromatic rings. The van der Waals surface area contributed by atoms with Crippen LogP contribution in [-0.4, -0.2) is 37.3 Å². The number of nitrogens with one attached hydrogen (secondary N) is 2. The average molecular weight is 557 g/mol. The van der Waals surface area contributed by atoms with E-state index in [1.54, 1.807) is 0 Å². The largest absolute Gasteiger partial charge is 0.396 e. The fourth-order valence-electron chi connectivity index (χ4n) is 3.79. The number of guanidine groups is 1. The number of rotatable bonds is 7. The van der Waals surface area contributed by atoms with Gasteiger partial charge in [-0.2, -0.15) is 0 Å². The summed E-state index contributed by atoms with van der Waals surface area (Å²) in [4.78, 5) is 7.15. The van der Waals surface area contributed by atoms with Gasteiger partial charge in [0.2, 0.25) is 0 Å². The van der Waals surface area contributed by atoms with Gasteiger partial charge in [0.05, 0.1) is 12.6 Å². The van der Waals surface area contributed by atoms with Gasteiger partial charge in [0, 0.05) is 37.0 Å². The number of halogens is 2. The van der Waals surface area contributed by atoms with Crippen molar-refractivity contribution >= 4 is 47.2 Å². The summed E-state index contributed by atoms with van der Waals surface area (Å²) < 4.78 is 0. The molecule has 1 heterocycles. The third-order valence-electron chi connectivity index (χ3n) is 5.66. The highest BCUT2D eigenvalue weighted by molar-refractivity contribution is 14.0. The van der Waals surface area contributed by atoms with Crippen LogP contribution in [0.1, 0.15) is 43.9 Å². The first-order valence-corrected chi connectivity index (χ1v) is 11.2. The monoisotopic (exact) mass is 556 g/mol. The Morgan fingerprint density at radius 2 is 1.84 bits per heavy atom. The van der Waals surface area contributed by atoms with Crippen LogP contribution >= 0.6 is 35.6 Å². The smallest absolute Gasteiger partial charge is 0.192 e. The van der Waals surface area contributed by atoms with E-state index < -0.39 is 0 Å². The first-order chi connectivity index (χ1) is 14.6. The molecule has 0 bridgehead atoms. The number of aliphatic hydroxyl groups is 1. The molecular formula is C24H34ClIN4O. The maximum absolute atomic E-state index is 9.31. The Kier molecular flexibility index (Phi) is 10.9. The van der Waals surface area contributed by atoms with Gasteiger partial charge >= 0.3 is 0 Å². The van der Waals surface area contributed by atoms with E-state index in [2.05, 4.69) is 53.6 Å². The van der Waals surface area contributed by atoms with Gasteiger partial charge in [0.15, 0.2) is 5.96 Å². The number of hydrogen-bond donors (Lipinski definition) is 3. The lowest BCUT2D eigenvalue weighted by Gasteiger charge is -2.32. The number of hydrogen-bond acceptors (Lipinski definition) is 3. The maximum Gasteiger partial charge on any atom is 0.192 e. The van der Waals surface area contributed by atoms with E-state index >= 15 is 0 Å². The quantitative estimate of drug-likeness (QED) is 0.256. The molecule has 2 aromatic carbocycles. The summed E-state index contributed by atoms with van der Waals surface area (Å²) in [6.45, 7) is 7.88. The minimum atomic E-state index is 0. The second-order valence-corrected chi connectivity index (χ2v) is 8.27. The lowest BCUT2D eigenvalue weighted by Crippen LogP contribution is -2.38. The highest BCUT2D eigenvalue weighted by Crippen LogP contribution is 2.24. The van der Waals surface area contributed by atoms with Crippen molar-refractivity contribution in [1.29, 1.82) is 0 Å². The third-order valence-corrected chi connectivity index (χ3v) is 6.01. The average Bonchev–Trinajstić information content (AvgIpc) is 2.78. The second-order valence-electron chi connectivity index (χ2n) is 7.86. The summed E-state index contributed by atoms with van der Waals surface area (Å²) >= 11 is 6.33. The zero-order chi connectivity index (χ0) is 21.3. The molecule has 0 amide bonds. The third kappa shape index (κ3) is 7.54. The standard InChI is InChI=1S/C24H33ClN4O.HI/c1-3-26-24(28-18(2)22-6-4-5-7-23(22)25)27-16-19-8-10-21(11-9-19)29-14-12-20(17-30)13-15-29;/h4-11,18,20,30H,3,12-17H2,1-2H3,(H2,26,27,28);1H. The van der Waals surface area contributed by atoms with E-state index in [-0.39, 0.29) is 30.0 Å². The highest BCUT2D eigenvalue weighted by Gasteiger charge is 2.18. The number of piperidine rings is 1. The topological polar surface area (TPSA) is 59.9 Å². The first-order valence-electron chi connectivity index (χ1n) is 10.8. The Balaban J connectivity index is 0.00000341. The van der Waals surface area contributed by atoms with Crippen LogP contribution in [0.2, 0.25) is 5.02 Å². The van der Waals surface area contributed by atoms with Crippen LogP contribution in [0, 0.1) is 5.92 Å². The maximum atomic E-state index is 9.31. The summed E-state index contributed by atoms with van der Waals surface area (Å²) in [5.41, 5.74) is 3.47. The van der Waals surface area contributed by atoms with Crippen LogP contribution in [0.15, 0.2) is 53.5 Å². The zero-order valence-corrected chi connectivity index (χ0v) is 21.4. The Hall–Kier alpha value is -1.51. The molecule has 1 atom stereocenters. The van der Waals surface area contributed by atoms with Crippen molar-refractivity contribution in [1.82, 2.24) is 10.6 Å². The number of aliphatic hydroxyl groups excluding tert-OH is 1. The Morgan fingerprint density at radius 1 is 1.16 bits per heavy atom. The van der Waals surface area contributed by atoms with Gasteiger partial charge < -0.3 is 20.6 Å². The van der Waals surface area contributed by atoms with Gasteiger partial charge in [0.25, 0.3) is 0 Å². The first kappa shape index (κ1) is 25.7. The SMILES string of the molecule is CCNC(=NCc1ccc(N2CCC(CO)CC2)cc1)NC(C)c1ccccc1Cl.I. The van der Waals surface area contributed by atoms with E-state index in [9.17, 15) is 5.11 Å². The Morgan fingerprint density at radius 3 is 2.45 bits per heavy atom. The van der Waals surface area contributed by atoms with Gasteiger partial charge in [-0.25, -0.2) is 4.99 Å². The molecule has 1 saturated heterocycles. The highest BCUT2D eigenvalue weighted by atomic mass is 127. The van der Waals surface area contributed by atoms with E-state index in [4.69, 9.17) is 16.6 Å². The zero-order valence-electron chi connectivity index (χ0n) is 18.4. The molecule has 0 radical (unpaired) electrons. The van der Waals surface area contributed by atoms with E-state index in [1.165, 1.54) is 11.3 Å². The molecule has 0 saturated carbocycles. The molecular weight excluding hydrogens is 523 g/mol. The van der Waals surface area contributed by atoms with E-state index in [0.717, 1.165) is 49.0 Å². The lowest BCUT2D eigenvalue weighted by atomic mass is 9.97. The molecule has 3 N–H and O–H groups in total. The number of benzene rings is 2.